The van der Waals surface area contributed by atoms with Crippen LogP contribution in [0.25, 0.3) is 0 Å². The Morgan fingerprint density at radius 1 is 1.20 bits per heavy atom. The molecule has 25 heavy (non-hydrogen) atoms. The van der Waals surface area contributed by atoms with Crippen LogP contribution >= 0.6 is 0 Å². The highest BCUT2D eigenvalue weighted by molar-refractivity contribution is 5.90. The van der Waals surface area contributed by atoms with E-state index in [0.29, 0.717) is 24.7 Å². The van der Waals surface area contributed by atoms with E-state index in [1.165, 1.54) is 18.3 Å². The lowest BCUT2D eigenvalue weighted by molar-refractivity contribution is -0.137. The van der Waals surface area contributed by atoms with Crippen LogP contribution in [0, 0.1) is 0 Å². The number of halogens is 3. The van der Waals surface area contributed by atoms with Gasteiger partial charge in [0.25, 0.3) is 0 Å². The Kier molecular flexibility index (Phi) is 6.35. The molecule has 0 atom stereocenters. The van der Waals surface area contributed by atoms with Gasteiger partial charge in [-0.15, -0.1) is 0 Å². The molecule has 0 saturated heterocycles. The Morgan fingerprint density at radius 2 is 2.00 bits per heavy atom. The van der Waals surface area contributed by atoms with E-state index in [1.54, 1.807) is 12.1 Å². The summed E-state index contributed by atoms with van der Waals surface area (Å²) in [6.07, 6.45) is -2.74. The van der Waals surface area contributed by atoms with Gasteiger partial charge in [0.15, 0.2) is 0 Å². The number of alkyl halides is 3. The number of hydrogen-bond acceptors (Lipinski definition) is 4. The van der Waals surface area contributed by atoms with Gasteiger partial charge < -0.3 is 15.4 Å². The van der Waals surface area contributed by atoms with E-state index in [9.17, 15) is 18.0 Å². The van der Waals surface area contributed by atoms with E-state index >= 15 is 0 Å². The fourth-order valence-electron chi connectivity index (χ4n) is 2.00. The number of hydrogen-bond donors (Lipinski definition) is 2. The number of benzene rings is 1. The van der Waals surface area contributed by atoms with E-state index in [2.05, 4.69) is 15.6 Å². The second kappa shape index (κ2) is 8.48. The van der Waals surface area contributed by atoms with Gasteiger partial charge in [0.05, 0.1) is 30.5 Å². The van der Waals surface area contributed by atoms with Crippen molar-refractivity contribution in [3.05, 3.63) is 48.2 Å². The molecule has 2 rings (SSSR count). The van der Waals surface area contributed by atoms with Gasteiger partial charge in [0, 0.05) is 12.3 Å². The van der Waals surface area contributed by atoms with Crippen molar-refractivity contribution in [3.8, 4) is 0 Å². The second-order valence-corrected chi connectivity index (χ2v) is 5.13. The molecule has 0 aliphatic carbocycles. The zero-order valence-corrected chi connectivity index (χ0v) is 13.6. The van der Waals surface area contributed by atoms with E-state index in [0.717, 1.165) is 12.1 Å². The fourth-order valence-corrected chi connectivity index (χ4v) is 2.00. The summed E-state index contributed by atoms with van der Waals surface area (Å²) in [4.78, 5) is 15.7. The third-order valence-electron chi connectivity index (χ3n) is 3.19. The molecule has 0 fully saturated rings. The highest BCUT2D eigenvalue weighted by atomic mass is 19.4. The average Bonchev–Trinajstić information content (AvgIpc) is 2.56. The molecule has 5 nitrogen and oxygen atoms in total. The van der Waals surface area contributed by atoms with Gasteiger partial charge in [-0.2, -0.15) is 13.2 Å². The highest BCUT2D eigenvalue weighted by Crippen LogP contribution is 2.31. The zero-order chi connectivity index (χ0) is 18.3. The molecule has 2 N–H and O–H groups in total. The number of amides is 1. The first-order valence-corrected chi connectivity index (χ1v) is 7.66. The van der Waals surface area contributed by atoms with Gasteiger partial charge >= 0.3 is 6.18 Å². The van der Waals surface area contributed by atoms with Gasteiger partial charge in [-0.3, -0.25) is 4.79 Å². The molecule has 0 spiro atoms. The molecule has 0 aliphatic heterocycles. The Bertz CT molecular complexity index is 703. The number of aromatic nitrogens is 1. The molecule has 0 radical (unpaired) electrons. The summed E-state index contributed by atoms with van der Waals surface area (Å²) in [5, 5.41) is 5.46. The molecule has 134 valence electrons. The number of anilines is 3. The molecular weight excluding hydrogens is 335 g/mol. The first-order chi connectivity index (χ1) is 11.9. The third kappa shape index (κ3) is 6.07. The van der Waals surface area contributed by atoms with E-state index in [4.69, 9.17) is 4.74 Å². The largest absolute Gasteiger partial charge is 0.416 e. The summed E-state index contributed by atoms with van der Waals surface area (Å²) >= 11 is 0. The first-order valence-electron chi connectivity index (χ1n) is 7.66. The smallest absolute Gasteiger partial charge is 0.381 e. The van der Waals surface area contributed by atoms with E-state index in [-0.39, 0.29) is 18.0 Å². The Hall–Kier alpha value is -2.61. The lowest BCUT2D eigenvalue weighted by Crippen LogP contribution is -2.14. The van der Waals surface area contributed by atoms with Gasteiger partial charge in [0.1, 0.15) is 5.82 Å². The molecule has 0 saturated carbocycles. The van der Waals surface area contributed by atoms with Crippen LogP contribution < -0.4 is 10.6 Å². The Morgan fingerprint density at radius 3 is 2.64 bits per heavy atom. The highest BCUT2D eigenvalue weighted by Gasteiger charge is 2.30. The Labute approximate surface area is 143 Å². The van der Waals surface area contributed by atoms with Crippen LogP contribution in [0.15, 0.2) is 42.6 Å². The van der Waals surface area contributed by atoms with Crippen LogP contribution in [0.2, 0.25) is 0 Å². The average molecular weight is 353 g/mol. The minimum absolute atomic E-state index is 0.200. The SMILES string of the molecule is CCOCCC(=O)Nc1ccc(Nc2cccc(C(F)(F)F)c2)nc1. The molecule has 1 heterocycles. The van der Waals surface area contributed by atoms with Crippen molar-refractivity contribution in [1.82, 2.24) is 4.98 Å². The van der Waals surface area contributed by atoms with Crippen LogP contribution in [0.5, 0.6) is 0 Å². The number of nitrogens with zero attached hydrogens (tertiary/aromatic N) is 1. The van der Waals surface area contributed by atoms with Crippen molar-refractivity contribution < 1.29 is 22.7 Å². The molecule has 1 aromatic heterocycles. The summed E-state index contributed by atoms with van der Waals surface area (Å²) in [6.45, 7) is 2.73. The maximum atomic E-state index is 12.7. The number of rotatable bonds is 7. The molecule has 8 heteroatoms. The minimum Gasteiger partial charge on any atom is -0.381 e. The molecular formula is C17H18F3N3O2. The fraction of sp³-hybridized carbons (Fsp3) is 0.294. The lowest BCUT2D eigenvalue weighted by Gasteiger charge is -2.11. The Balaban J connectivity index is 1.95. The molecule has 0 aliphatic rings. The van der Waals surface area contributed by atoms with Crippen LogP contribution in [-0.2, 0) is 15.7 Å². The summed E-state index contributed by atoms with van der Waals surface area (Å²) < 4.78 is 43.2. The van der Waals surface area contributed by atoms with E-state index in [1.807, 2.05) is 6.92 Å². The normalized spacial score (nSPS) is 11.2. The summed E-state index contributed by atoms with van der Waals surface area (Å²) in [5.74, 6) is 0.167. The van der Waals surface area contributed by atoms with Crippen LogP contribution in [0.1, 0.15) is 18.9 Å². The maximum Gasteiger partial charge on any atom is 0.416 e. The molecule has 0 bridgehead atoms. The van der Waals surface area contributed by atoms with Crippen molar-refractivity contribution in [2.24, 2.45) is 0 Å². The maximum absolute atomic E-state index is 12.7. The quantitative estimate of drug-likeness (QED) is 0.732. The van der Waals surface area contributed by atoms with Gasteiger partial charge in [-0.25, -0.2) is 4.98 Å². The van der Waals surface area contributed by atoms with Crippen molar-refractivity contribution in [2.45, 2.75) is 19.5 Å². The number of carbonyl (C=O) groups is 1. The molecule has 2 aromatic rings. The number of nitrogens with one attached hydrogen (secondary N) is 2. The minimum atomic E-state index is -4.40. The third-order valence-corrected chi connectivity index (χ3v) is 3.19. The molecule has 1 aromatic carbocycles. The van der Waals surface area contributed by atoms with Crippen molar-refractivity contribution >= 4 is 23.1 Å². The van der Waals surface area contributed by atoms with Gasteiger partial charge in [-0.05, 0) is 37.3 Å². The predicted octanol–water partition coefficient (Wildman–Crippen LogP) is 4.21. The number of carbonyl (C=O) groups excluding carboxylic acids is 1. The van der Waals surface area contributed by atoms with E-state index < -0.39 is 11.7 Å². The zero-order valence-electron chi connectivity index (χ0n) is 13.6. The lowest BCUT2D eigenvalue weighted by atomic mass is 10.2. The van der Waals surface area contributed by atoms with Gasteiger partial charge in [0.2, 0.25) is 5.91 Å². The second-order valence-electron chi connectivity index (χ2n) is 5.13. The molecule has 0 unspecified atom stereocenters. The van der Waals surface area contributed by atoms with Crippen molar-refractivity contribution in [2.75, 3.05) is 23.8 Å². The van der Waals surface area contributed by atoms with Crippen molar-refractivity contribution in [1.29, 1.82) is 0 Å². The summed E-state index contributed by atoms with van der Waals surface area (Å²) in [5.41, 5.74) is 0.0302. The predicted molar refractivity (Wildman–Crippen MR) is 88.7 cm³/mol. The van der Waals surface area contributed by atoms with Crippen LogP contribution in [0.4, 0.5) is 30.4 Å². The topological polar surface area (TPSA) is 63.2 Å². The monoisotopic (exact) mass is 353 g/mol. The number of pyridine rings is 1. The summed E-state index contributed by atoms with van der Waals surface area (Å²) in [6, 6.07) is 8.02. The first kappa shape index (κ1) is 18.7. The van der Waals surface area contributed by atoms with Crippen LogP contribution in [0.3, 0.4) is 0 Å². The molecule has 1 amide bonds. The van der Waals surface area contributed by atoms with Crippen molar-refractivity contribution in [3.63, 3.8) is 0 Å². The summed E-state index contributed by atoms with van der Waals surface area (Å²) in [7, 11) is 0. The van der Waals surface area contributed by atoms with Gasteiger partial charge in [-0.1, -0.05) is 6.07 Å². The van der Waals surface area contributed by atoms with Crippen LogP contribution in [-0.4, -0.2) is 24.1 Å². The standard InChI is InChI=1S/C17H18F3N3O2/c1-2-25-9-8-16(24)23-14-6-7-15(21-11-14)22-13-5-3-4-12(10-13)17(18,19)20/h3-7,10-11H,2,8-9H2,1H3,(H,21,22)(H,23,24). The number of ether oxygens (including phenoxy) is 1.